The van der Waals surface area contributed by atoms with Gasteiger partial charge in [-0.15, -0.1) is 0 Å². The van der Waals surface area contributed by atoms with E-state index in [9.17, 15) is 22.8 Å². The van der Waals surface area contributed by atoms with Crippen molar-refractivity contribution in [2.45, 2.75) is 48.8 Å². The van der Waals surface area contributed by atoms with Crippen molar-refractivity contribution in [3.05, 3.63) is 28.7 Å². The van der Waals surface area contributed by atoms with Gasteiger partial charge in [-0.05, 0) is 55.4 Å². The number of primary amides is 1. The third-order valence-electron chi connectivity index (χ3n) is 6.13. The molecular weight excluding hydrogens is 506 g/mol. The maximum Gasteiger partial charge on any atom is 0.407 e. The largest absolute Gasteiger partial charge is 0.446 e. The van der Waals surface area contributed by atoms with E-state index in [4.69, 9.17) is 14.7 Å². The van der Waals surface area contributed by atoms with Crippen LogP contribution in [0.1, 0.15) is 25.7 Å². The van der Waals surface area contributed by atoms with Gasteiger partial charge in [0.15, 0.2) is 0 Å². The molecule has 1 aromatic rings. The molecule has 2 aliphatic carbocycles. The van der Waals surface area contributed by atoms with Crippen molar-refractivity contribution >= 4 is 44.0 Å². The number of nitrogens with zero attached hydrogens (tertiary/aromatic N) is 1. The zero-order valence-corrected chi connectivity index (χ0v) is 19.5. The molecule has 0 spiro atoms. The molecule has 1 unspecified atom stereocenters. The fraction of sp³-hybridized carbons (Fsp3) is 0.550. The summed E-state index contributed by atoms with van der Waals surface area (Å²) in [6.45, 7) is -0.542. The Labute approximate surface area is 194 Å². The Morgan fingerprint density at radius 3 is 2.34 bits per heavy atom. The van der Waals surface area contributed by atoms with Gasteiger partial charge >= 0.3 is 6.09 Å². The summed E-state index contributed by atoms with van der Waals surface area (Å²) in [4.78, 5) is 37.5. The van der Waals surface area contributed by atoms with Crippen LogP contribution in [0.2, 0.25) is 0 Å². The summed E-state index contributed by atoms with van der Waals surface area (Å²) in [5, 5.41) is 2.40. The van der Waals surface area contributed by atoms with Gasteiger partial charge in [0.05, 0.1) is 11.0 Å². The third-order valence-corrected chi connectivity index (χ3v) is 8.04. The molecule has 2 saturated carbocycles. The van der Waals surface area contributed by atoms with Crippen molar-refractivity contribution in [2.75, 3.05) is 13.1 Å². The van der Waals surface area contributed by atoms with Gasteiger partial charge < -0.3 is 20.7 Å². The number of carbonyl (C=O) groups is 3. The Balaban J connectivity index is 1.32. The molecule has 32 heavy (non-hydrogen) atoms. The lowest BCUT2D eigenvalue weighted by atomic mass is 10.2. The fourth-order valence-electron chi connectivity index (χ4n) is 4.45. The molecule has 1 heterocycles. The van der Waals surface area contributed by atoms with E-state index in [-0.39, 0.29) is 24.0 Å². The fourth-order valence-corrected chi connectivity index (χ4v) is 5.79. The van der Waals surface area contributed by atoms with Crippen LogP contribution in [0.4, 0.5) is 4.79 Å². The van der Waals surface area contributed by atoms with E-state index < -0.39 is 46.7 Å². The highest BCUT2D eigenvalue weighted by atomic mass is 79.9. The normalized spacial score (nSPS) is 28.8. The number of ether oxygens (including phenoxy) is 1. The molecule has 3 aliphatic rings. The van der Waals surface area contributed by atoms with Gasteiger partial charge in [0.2, 0.25) is 11.8 Å². The number of amides is 3. The number of carbonyl (C=O) groups excluding carboxylic acids is 3. The highest BCUT2D eigenvalue weighted by Gasteiger charge is 2.47. The van der Waals surface area contributed by atoms with Crippen LogP contribution in [0.25, 0.3) is 0 Å². The number of hydrogen-bond acceptors (Lipinski definition) is 7. The van der Waals surface area contributed by atoms with E-state index >= 15 is 0 Å². The standard InChI is InChI=1S/C20H24BrN3O7S/c21-13-1-3-16(4-2-13)32(28,29)31-15-8-17(19(22)26)24(10-15)18(25)9-23-20(27)30-14-6-11-5-12(11)7-14/h1-4,11-12,14-15,17H,5-10H2,(H2,22,26)(H,23,27)/t11-,12+,14?,15-,17+/m1/s1. The molecule has 1 aromatic carbocycles. The minimum atomic E-state index is -4.10. The van der Waals surface area contributed by atoms with Gasteiger partial charge in [-0.1, -0.05) is 15.9 Å². The Hall–Kier alpha value is -2.18. The number of nitrogens with one attached hydrogen (secondary N) is 1. The smallest absolute Gasteiger partial charge is 0.407 e. The second kappa shape index (κ2) is 8.99. The Kier molecular flexibility index (Phi) is 6.46. The van der Waals surface area contributed by atoms with Gasteiger partial charge in [0.1, 0.15) is 18.7 Å². The minimum Gasteiger partial charge on any atom is -0.446 e. The lowest BCUT2D eigenvalue weighted by molar-refractivity contribution is -0.136. The number of halogens is 1. The lowest BCUT2D eigenvalue weighted by Crippen LogP contribution is -2.47. The summed E-state index contributed by atoms with van der Waals surface area (Å²) in [5.74, 6) is -0.0487. The first-order chi connectivity index (χ1) is 15.1. The van der Waals surface area contributed by atoms with Crippen molar-refractivity contribution in [2.24, 2.45) is 17.6 Å². The molecule has 5 atom stereocenters. The SMILES string of the molecule is NC(=O)[C@@H]1C[C@@H](OS(=O)(=O)c2ccc(Br)cc2)CN1C(=O)CNC(=O)OC1C[C@@H]2C[C@@H]2C1. The first-order valence-corrected chi connectivity index (χ1v) is 12.5. The summed E-state index contributed by atoms with van der Waals surface area (Å²) in [6.07, 6.45) is 1.09. The van der Waals surface area contributed by atoms with Crippen LogP contribution in [0.3, 0.4) is 0 Å². The van der Waals surface area contributed by atoms with Crippen LogP contribution >= 0.6 is 15.9 Å². The molecule has 3 N–H and O–H groups in total. The summed E-state index contributed by atoms with van der Waals surface area (Å²) in [7, 11) is -4.10. The Morgan fingerprint density at radius 2 is 1.72 bits per heavy atom. The molecule has 10 nitrogen and oxygen atoms in total. The molecule has 3 fully saturated rings. The first-order valence-electron chi connectivity index (χ1n) is 10.3. The Morgan fingerprint density at radius 1 is 1.06 bits per heavy atom. The van der Waals surface area contributed by atoms with Crippen LogP contribution < -0.4 is 11.1 Å². The summed E-state index contributed by atoms with van der Waals surface area (Å²) in [6, 6.07) is 4.85. The molecule has 0 radical (unpaired) electrons. The monoisotopic (exact) mass is 529 g/mol. The topological polar surface area (TPSA) is 145 Å². The van der Waals surface area contributed by atoms with Crippen LogP contribution in [-0.4, -0.2) is 62.6 Å². The predicted octanol–water partition coefficient (Wildman–Crippen LogP) is 1.13. The summed E-state index contributed by atoms with van der Waals surface area (Å²) < 4.78 is 36.3. The lowest BCUT2D eigenvalue weighted by Gasteiger charge is -2.22. The number of likely N-dealkylation sites (tertiary alicyclic amines) is 1. The number of fused-ring (bicyclic) bond motifs is 1. The number of hydrogen-bond donors (Lipinski definition) is 2. The first kappa shape index (κ1) is 23.0. The van der Waals surface area contributed by atoms with Crippen LogP contribution in [-0.2, 0) is 28.6 Å². The Bertz CT molecular complexity index is 1010. The van der Waals surface area contributed by atoms with Crippen LogP contribution in [0.15, 0.2) is 33.6 Å². The number of rotatable bonds is 7. The third kappa shape index (κ3) is 5.24. The summed E-state index contributed by atoms with van der Waals surface area (Å²) in [5.41, 5.74) is 5.41. The highest BCUT2D eigenvalue weighted by molar-refractivity contribution is 9.10. The zero-order chi connectivity index (χ0) is 23.0. The van der Waals surface area contributed by atoms with Gasteiger partial charge in [-0.2, -0.15) is 8.42 Å². The van der Waals surface area contributed by atoms with E-state index in [0.717, 1.165) is 17.7 Å². The van der Waals surface area contributed by atoms with Gasteiger partial charge in [-0.3, -0.25) is 13.8 Å². The van der Waals surface area contributed by atoms with E-state index in [1.54, 1.807) is 12.1 Å². The molecule has 4 rings (SSSR count). The average Bonchev–Trinajstić information content (AvgIpc) is 3.13. The second-order valence-corrected chi connectivity index (χ2v) is 10.9. The van der Waals surface area contributed by atoms with Crippen LogP contribution in [0, 0.1) is 11.8 Å². The molecule has 0 aromatic heterocycles. The predicted molar refractivity (Wildman–Crippen MR) is 115 cm³/mol. The minimum absolute atomic E-state index is 0.0462. The van der Waals surface area contributed by atoms with Gasteiger partial charge in [-0.25, -0.2) is 4.79 Å². The molecule has 174 valence electrons. The van der Waals surface area contributed by atoms with Crippen molar-refractivity contribution in [1.82, 2.24) is 10.2 Å². The number of nitrogens with two attached hydrogens (primary N) is 1. The van der Waals surface area contributed by atoms with E-state index in [1.807, 2.05) is 0 Å². The van der Waals surface area contributed by atoms with E-state index in [0.29, 0.717) is 16.3 Å². The second-order valence-electron chi connectivity index (χ2n) is 8.43. The molecule has 1 aliphatic heterocycles. The van der Waals surface area contributed by atoms with E-state index in [2.05, 4.69) is 21.2 Å². The molecule has 3 amide bonds. The maximum atomic E-state index is 12.6. The molecular formula is C20H24BrN3O7S. The molecule has 0 bridgehead atoms. The van der Waals surface area contributed by atoms with Crippen molar-refractivity contribution in [1.29, 1.82) is 0 Å². The summed E-state index contributed by atoms with van der Waals surface area (Å²) >= 11 is 3.23. The van der Waals surface area contributed by atoms with Gasteiger partial charge in [0, 0.05) is 17.4 Å². The van der Waals surface area contributed by atoms with E-state index in [1.165, 1.54) is 18.6 Å². The average molecular weight is 530 g/mol. The maximum absolute atomic E-state index is 12.6. The zero-order valence-electron chi connectivity index (χ0n) is 17.1. The van der Waals surface area contributed by atoms with Crippen molar-refractivity contribution in [3.8, 4) is 0 Å². The van der Waals surface area contributed by atoms with Crippen molar-refractivity contribution in [3.63, 3.8) is 0 Å². The highest BCUT2D eigenvalue weighted by Crippen LogP contribution is 2.52. The van der Waals surface area contributed by atoms with Crippen molar-refractivity contribution < 1.29 is 31.7 Å². The number of alkyl carbamates (subject to hydrolysis) is 1. The molecule has 1 saturated heterocycles. The molecule has 12 heteroatoms. The quantitative estimate of drug-likeness (QED) is 0.503. The van der Waals surface area contributed by atoms with Crippen LogP contribution in [0.5, 0.6) is 0 Å². The number of benzene rings is 1. The van der Waals surface area contributed by atoms with Gasteiger partial charge in [0.25, 0.3) is 10.1 Å².